The molecule has 0 heterocycles. The van der Waals surface area contributed by atoms with Crippen LogP contribution in [0.4, 0.5) is 8.78 Å². The minimum Gasteiger partial charge on any atom is -0.503 e. The molecule has 0 fully saturated rings. The molecule has 0 aliphatic rings. The molecule has 5 heteroatoms. The van der Waals surface area contributed by atoms with Gasteiger partial charge < -0.3 is 10.8 Å². The molecule has 0 saturated carbocycles. The van der Waals surface area contributed by atoms with Crippen LogP contribution in [0.3, 0.4) is 0 Å². The van der Waals surface area contributed by atoms with Gasteiger partial charge in [0.05, 0.1) is 0 Å². The zero-order valence-electron chi connectivity index (χ0n) is 7.84. The predicted octanol–water partition coefficient (Wildman–Crippen LogP) is 1.47. The standard InChI is InChI=1S/C7H6F2O.C2H5NO/c1-4-2-5(8)7(10)6(9)3-4;1-2(3)4/h2-3,10H,1H3;1H3,(H2,3,4). The van der Waals surface area contributed by atoms with Crippen LogP contribution >= 0.6 is 0 Å². The van der Waals surface area contributed by atoms with Crippen molar-refractivity contribution in [1.82, 2.24) is 0 Å². The summed E-state index contributed by atoms with van der Waals surface area (Å²) in [6.45, 7) is 2.85. The summed E-state index contributed by atoms with van der Waals surface area (Å²) in [5.74, 6) is -3.08. The van der Waals surface area contributed by atoms with Gasteiger partial charge in [0, 0.05) is 6.92 Å². The summed E-state index contributed by atoms with van der Waals surface area (Å²) in [5.41, 5.74) is 4.92. The first kappa shape index (κ1) is 12.3. The summed E-state index contributed by atoms with van der Waals surface area (Å²) in [5, 5.41) is 8.58. The monoisotopic (exact) mass is 203 g/mol. The second kappa shape index (κ2) is 5.16. The van der Waals surface area contributed by atoms with E-state index in [0.29, 0.717) is 5.56 Å². The summed E-state index contributed by atoms with van der Waals surface area (Å²) in [6, 6.07) is 2.14. The largest absolute Gasteiger partial charge is 0.503 e. The number of halogens is 2. The van der Waals surface area contributed by atoms with E-state index in [1.165, 1.54) is 6.92 Å². The van der Waals surface area contributed by atoms with Crippen LogP contribution in [0.15, 0.2) is 12.1 Å². The van der Waals surface area contributed by atoms with Crippen molar-refractivity contribution in [1.29, 1.82) is 0 Å². The van der Waals surface area contributed by atoms with Gasteiger partial charge in [-0.25, -0.2) is 8.78 Å². The SMILES string of the molecule is CC(N)=O.Cc1cc(F)c(O)c(F)c1. The second-order valence-electron chi connectivity index (χ2n) is 2.69. The van der Waals surface area contributed by atoms with Crippen molar-refractivity contribution in [3.8, 4) is 5.75 Å². The van der Waals surface area contributed by atoms with Gasteiger partial charge in [0.1, 0.15) is 0 Å². The first-order valence-electron chi connectivity index (χ1n) is 3.75. The Morgan fingerprint density at radius 2 is 1.64 bits per heavy atom. The molecule has 78 valence electrons. The summed E-state index contributed by atoms with van der Waals surface area (Å²) in [4.78, 5) is 9.22. The molecule has 3 N–H and O–H groups in total. The molecule has 0 saturated heterocycles. The lowest BCUT2D eigenvalue weighted by Gasteiger charge is -1.97. The third kappa shape index (κ3) is 4.39. The number of carbonyl (C=O) groups is 1. The van der Waals surface area contributed by atoms with E-state index in [9.17, 15) is 13.6 Å². The lowest BCUT2D eigenvalue weighted by atomic mass is 10.2. The molecule has 1 amide bonds. The molecule has 0 aliphatic carbocycles. The highest BCUT2D eigenvalue weighted by Crippen LogP contribution is 2.20. The van der Waals surface area contributed by atoms with Crippen molar-refractivity contribution in [3.05, 3.63) is 29.3 Å². The third-order valence-corrected chi connectivity index (χ3v) is 1.16. The first-order chi connectivity index (χ1) is 6.34. The summed E-state index contributed by atoms with van der Waals surface area (Å²) >= 11 is 0. The Bertz CT molecular complexity index is 313. The van der Waals surface area contributed by atoms with Gasteiger partial charge >= 0.3 is 0 Å². The molecule has 0 unspecified atom stereocenters. The number of amides is 1. The predicted molar refractivity (Wildman–Crippen MR) is 47.6 cm³/mol. The number of hydrogen-bond acceptors (Lipinski definition) is 2. The van der Waals surface area contributed by atoms with E-state index in [1.54, 1.807) is 6.92 Å². The molecule has 0 spiro atoms. The molecule has 14 heavy (non-hydrogen) atoms. The number of phenolic OH excluding ortho intramolecular Hbond substituents is 1. The fraction of sp³-hybridized carbons (Fsp3) is 0.222. The molecule has 1 aromatic rings. The topological polar surface area (TPSA) is 63.3 Å². The molecular formula is C9H11F2NO2. The summed E-state index contributed by atoms with van der Waals surface area (Å²) < 4.78 is 24.7. The van der Waals surface area contributed by atoms with Crippen molar-refractivity contribution in [2.45, 2.75) is 13.8 Å². The summed E-state index contributed by atoms with van der Waals surface area (Å²) in [6.07, 6.45) is 0. The number of aryl methyl sites for hydroxylation is 1. The quantitative estimate of drug-likeness (QED) is 0.670. The van der Waals surface area contributed by atoms with Crippen molar-refractivity contribution in [2.24, 2.45) is 5.73 Å². The summed E-state index contributed by atoms with van der Waals surface area (Å²) in [7, 11) is 0. The van der Waals surface area contributed by atoms with Crippen LogP contribution < -0.4 is 5.73 Å². The van der Waals surface area contributed by atoms with Crippen molar-refractivity contribution in [3.63, 3.8) is 0 Å². The van der Waals surface area contributed by atoms with E-state index in [4.69, 9.17) is 5.11 Å². The Morgan fingerprint density at radius 1 is 1.36 bits per heavy atom. The maximum absolute atomic E-state index is 12.4. The third-order valence-electron chi connectivity index (χ3n) is 1.16. The molecule has 0 bridgehead atoms. The van der Waals surface area contributed by atoms with Gasteiger partial charge in [-0.15, -0.1) is 0 Å². The van der Waals surface area contributed by atoms with Gasteiger partial charge in [0.15, 0.2) is 17.4 Å². The first-order valence-corrected chi connectivity index (χ1v) is 3.75. The number of rotatable bonds is 0. The Hall–Kier alpha value is -1.65. The number of carbonyl (C=O) groups excluding carboxylic acids is 1. The van der Waals surface area contributed by atoms with E-state index >= 15 is 0 Å². The molecule has 0 radical (unpaired) electrons. The molecule has 0 aliphatic heterocycles. The minimum absolute atomic E-state index is 0.333. The van der Waals surface area contributed by atoms with Gasteiger partial charge in [-0.2, -0.15) is 0 Å². The normalized spacial score (nSPS) is 8.86. The zero-order chi connectivity index (χ0) is 11.3. The Kier molecular flexibility index (Phi) is 4.55. The van der Waals surface area contributed by atoms with Gasteiger partial charge in [-0.05, 0) is 24.6 Å². The number of benzene rings is 1. The van der Waals surface area contributed by atoms with Crippen LogP contribution in [-0.2, 0) is 4.79 Å². The fourth-order valence-electron chi connectivity index (χ4n) is 0.692. The molecule has 3 nitrogen and oxygen atoms in total. The highest BCUT2D eigenvalue weighted by molar-refractivity contribution is 5.70. The average Bonchev–Trinajstić information content (AvgIpc) is 1.98. The van der Waals surface area contributed by atoms with Gasteiger partial charge in [0.2, 0.25) is 5.91 Å². The molecule has 0 atom stereocenters. The van der Waals surface area contributed by atoms with E-state index < -0.39 is 17.4 Å². The van der Waals surface area contributed by atoms with Gasteiger partial charge in [-0.1, -0.05) is 0 Å². The Labute approximate surface area is 80.2 Å². The maximum Gasteiger partial charge on any atom is 0.214 e. The van der Waals surface area contributed by atoms with Crippen molar-refractivity contribution < 1.29 is 18.7 Å². The smallest absolute Gasteiger partial charge is 0.214 e. The second-order valence-corrected chi connectivity index (χ2v) is 2.69. The van der Waals surface area contributed by atoms with Crippen LogP contribution in [0.2, 0.25) is 0 Å². The Balaban J connectivity index is 0.000000364. The highest BCUT2D eigenvalue weighted by atomic mass is 19.1. The van der Waals surface area contributed by atoms with Crippen molar-refractivity contribution >= 4 is 5.91 Å². The zero-order valence-corrected chi connectivity index (χ0v) is 7.84. The van der Waals surface area contributed by atoms with Crippen LogP contribution in [0.5, 0.6) is 5.75 Å². The minimum atomic E-state index is -0.919. The van der Waals surface area contributed by atoms with Crippen LogP contribution in [-0.4, -0.2) is 11.0 Å². The van der Waals surface area contributed by atoms with Gasteiger partial charge in [-0.3, -0.25) is 4.79 Å². The fourth-order valence-corrected chi connectivity index (χ4v) is 0.692. The van der Waals surface area contributed by atoms with E-state index in [2.05, 4.69) is 5.73 Å². The van der Waals surface area contributed by atoms with Crippen LogP contribution in [0.1, 0.15) is 12.5 Å². The number of aromatic hydroxyl groups is 1. The number of nitrogens with two attached hydrogens (primary N) is 1. The molecule has 0 aromatic heterocycles. The highest BCUT2D eigenvalue weighted by Gasteiger charge is 2.06. The van der Waals surface area contributed by atoms with Gasteiger partial charge in [0.25, 0.3) is 0 Å². The lowest BCUT2D eigenvalue weighted by molar-refractivity contribution is -0.115. The van der Waals surface area contributed by atoms with E-state index in [1.807, 2.05) is 0 Å². The average molecular weight is 203 g/mol. The molecule has 1 aromatic carbocycles. The Morgan fingerprint density at radius 3 is 1.93 bits per heavy atom. The van der Waals surface area contributed by atoms with Crippen LogP contribution in [0.25, 0.3) is 0 Å². The van der Waals surface area contributed by atoms with E-state index in [0.717, 1.165) is 12.1 Å². The van der Waals surface area contributed by atoms with Crippen LogP contribution in [0, 0.1) is 18.6 Å². The molecular weight excluding hydrogens is 192 g/mol. The van der Waals surface area contributed by atoms with E-state index in [-0.39, 0.29) is 5.91 Å². The maximum atomic E-state index is 12.4. The lowest BCUT2D eigenvalue weighted by Crippen LogP contribution is -2.01. The van der Waals surface area contributed by atoms with Crippen molar-refractivity contribution in [2.75, 3.05) is 0 Å². The number of phenols is 1. The number of hydrogen-bond donors (Lipinski definition) is 2. The number of primary amides is 1. The molecule has 1 rings (SSSR count).